The van der Waals surface area contributed by atoms with Crippen molar-refractivity contribution in [3.63, 3.8) is 0 Å². The Balaban J connectivity index is 1.88. The zero-order chi connectivity index (χ0) is 17.5. The molecule has 1 atom stereocenters. The van der Waals surface area contributed by atoms with Gasteiger partial charge < -0.3 is 10.1 Å². The van der Waals surface area contributed by atoms with Crippen molar-refractivity contribution in [2.45, 2.75) is 45.3 Å². The normalized spacial score (nSPS) is 18.1. The van der Waals surface area contributed by atoms with Gasteiger partial charge in [0.1, 0.15) is 10.3 Å². The third-order valence-electron chi connectivity index (χ3n) is 3.96. The minimum atomic E-state index is -0.242. The molecule has 0 unspecified atom stereocenters. The van der Waals surface area contributed by atoms with Gasteiger partial charge >= 0.3 is 0 Å². The van der Waals surface area contributed by atoms with Gasteiger partial charge in [0.05, 0.1) is 17.3 Å². The molecule has 130 valence electrons. The molecule has 2 aromatic heterocycles. The number of anilines is 1. The molecule has 3 heterocycles. The summed E-state index contributed by atoms with van der Waals surface area (Å²) in [7, 11) is 1.73. The van der Waals surface area contributed by atoms with Crippen LogP contribution in [0.2, 0.25) is 0 Å². The molecule has 0 spiro atoms. The molecule has 1 fully saturated rings. The molecule has 24 heavy (non-hydrogen) atoms. The van der Waals surface area contributed by atoms with Gasteiger partial charge in [0.25, 0.3) is 5.91 Å². The third kappa shape index (κ3) is 3.39. The Bertz CT molecular complexity index is 753. The lowest BCUT2D eigenvalue weighted by atomic mass is 10.1. The molecule has 8 heteroatoms. The predicted molar refractivity (Wildman–Crippen MR) is 94.0 cm³/mol. The monoisotopic (exact) mass is 395 g/mol. The standard InChI is InChI=1S/C16H22BrN5O2/c1-16(2,3)22-10(12-6-5-7-24-12)9-14(20-22)18-15(23)11-8-13(17)19-21(11)4/h8-9,12H,5-7H2,1-4H3,(H,18,20,23)/t12-/m1/s1. The first-order valence-corrected chi connectivity index (χ1v) is 8.78. The predicted octanol–water partition coefficient (Wildman–Crippen LogP) is 3.24. The van der Waals surface area contributed by atoms with Crippen LogP contribution in [0, 0.1) is 0 Å². The van der Waals surface area contributed by atoms with Crippen molar-refractivity contribution in [1.29, 1.82) is 0 Å². The molecular formula is C16H22BrN5O2. The largest absolute Gasteiger partial charge is 0.372 e. The van der Waals surface area contributed by atoms with Crippen LogP contribution >= 0.6 is 15.9 Å². The van der Waals surface area contributed by atoms with Crippen molar-refractivity contribution >= 4 is 27.7 Å². The molecule has 0 radical (unpaired) electrons. The second-order valence-electron chi connectivity index (χ2n) is 6.97. The highest BCUT2D eigenvalue weighted by atomic mass is 79.9. The van der Waals surface area contributed by atoms with Crippen LogP contribution in [0.5, 0.6) is 0 Å². The number of halogens is 1. The lowest BCUT2D eigenvalue weighted by Crippen LogP contribution is -2.26. The molecule has 3 rings (SSSR count). The Hall–Kier alpha value is -1.67. The summed E-state index contributed by atoms with van der Waals surface area (Å²) in [4.78, 5) is 12.5. The average molecular weight is 396 g/mol. The van der Waals surface area contributed by atoms with E-state index in [0.29, 0.717) is 16.1 Å². The topological polar surface area (TPSA) is 74.0 Å². The Kier molecular flexibility index (Phi) is 4.52. The molecule has 0 saturated carbocycles. The van der Waals surface area contributed by atoms with Gasteiger partial charge in [0.15, 0.2) is 5.82 Å². The number of amides is 1. The van der Waals surface area contributed by atoms with Crippen molar-refractivity contribution in [2.75, 3.05) is 11.9 Å². The van der Waals surface area contributed by atoms with Crippen molar-refractivity contribution in [1.82, 2.24) is 19.6 Å². The molecule has 1 aliphatic heterocycles. The van der Waals surface area contributed by atoms with Gasteiger partial charge in [-0.15, -0.1) is 0 Å². The van der Waals surface area contributed by atoms with Gasteiger partial charge in [-0.1, -0.05) is 0 Å². The summed E-state index contributed by atoms with van der Waals surface area (Å²) in [6.07, 6.45) is 2.06. The van der Waals surface area contributed by atoms with Crippen molar-refractivity contribution < 1.29 is 9.53 Å². The number of hydrogen-bond donors (Lipinski definition) is 1. The van der Waals surface area contributed by atoms with Gasteiger partial charge in [0, 0.05) is 25.8 Å². The van der Waals surface area contributed by atoms with Crippen molar-refractivity contribution in [3.05, 3.63) is 28.1 Å². The van der Waals surface area contributed by atoms with Crippen LogP contribution in [0.15, 0.2) is 16.7 Å². The fourth-order valence-corrected chi connectivity index (χ4v) is 3.31. The van der Waals surface area contributed by atoms with Crippen LogP contribution in [0.1, 0.15) is 55.9 Å². The summed E-state index contributed by atoms with van der Waals surface area (Å²) < 4.78 is 9.90. The van der Waals surface area contributed by atoms with Gasteiger partial charge in [-0.3, -0.25) is 14.2 Å². The second kappa shape index (κ2) is 6.33. The second-order valence-corrected chi connectivity index (χ2v) is 7.78. The van der Waals surface area contributed by atoms with Gasteiger partial charge in [-0.2, -0.15) is 10.2 Å². The SMILES string of the molecule is Cn1nc(Br)cc1C(=O)Nc1cc([C@H]2CCCO2)n(C(C)(C)C)n1. The van der Waals surface area contributed by atoms with Gasteiger partial charge in [0.2, 0.25) is 0 Å². The van der Waals surface area contributed by atoms with Crippen molar-refractivity contribution in [3.8, 4) is 0 Å². The maximum absolute atomic E-state index is 12.5. The number of rotatable bonds is 3. The number of aryl methyl sites for hydroxylation is 1. The average Bonchev–Trinajstić information content (AvgIpc) is 3.16. The number of nitrogens with zero attached hydrogens (tertiary/aromatic N) is 4. The Morgan fingerprint density at radius 1 is 1.38 bits per heavy atom. The zero-order valence-electron chi connectivity index (χ0n) is 14.3. The highest BCUT2D eigenvalue weighted by molar-refractivity contribution is 9.10. The van der Waals surface area contributed by atoms with Gasteiger partial charge in [-0.05, 0) is 49.5 Å². The summed E-state index contributed by atoms with van der Waals surface area (Å²) in [6.45, 7) is 7.03. The maximum Gasteiger partial charge on any atom is 0.275 e. The number of carbonyl (C=O) groups excluding carboxylic acids is 1. The fraction of sp³-hybridized carbons (Fsp3) is 0.562. The summed E-state index contributed by atoms with van der Waals surface area (Å²) in [5, 5.41) is 11.6. The summed E-state index contributed by atoms with van der Waals surface area (Å²) in [5.74, 6) is 0.283. The molecule has 0 aliphatic carbocycles. The van der Waals surface area contributed by atoms with E-state index in [9.17, 15) is 4.79 Å². The minimum absolute atomic E-state index is 0.0354. The number of ether oxygens (including phenoxy) is 1. The lowest BCUT2D eigenvalue weighted by Gasteiger charge is -2.24. The van der Waals surface area contributed by atoms with Crippen LogP contribution in [0.4, 0.5) is 5.82 Å². The van der Waals surface area contributed by atoms with E-state index in [2.05, 4.69) is 52.2 Å². The fourth-order valence-electron chi connectivity index (χ4n) is 2.86. The van der Waals surface area contributed by atoms with E-state index in [1.807, 2.05) is 10.7 Å². The molecule has 0 aromatic carbocycles. The molecular weight excluding hydrogens is 374 g/mol. The quantitative estimate of drug-likeness (QED) is 0.865. The number of nitrogens with one attached hydrogen (secondary N) is 1. The smallest absolute Gasteiger partial charge is 0.275 e. The van der Waals surface area contributed by atoms with Gasteiger partial charge in [-0.25, -0.2) is 0 Å². The number of carbonyl (C=O) groups is 1. The summed E-state index contributed by atoms with van der Waals surface area (Å²) in [5.41, 5.74) is 1.27. The summed E-state index contributed by atoms with van der Waals surface area (Å²) in [6, 6.07) is 3.58. The van der Waals surface area contributed by atoms with E-state index >= 15 is 0 Å². The van der Waals surface area contributed by atoms with E-state index in [-0.39, 0.29) is 17.6 Å². The molecule has 1 saturated heterocycles. The van der Waals surface area contributed by atoms with Crippen molar-refractivity contribution in [2.24, 2.45) is 7.05 Å². The van der Waals surface area contributed by atoms with Crippen LogP contribution in [0.3, 0.4) is 0 Å². The van der Waals surface area contributed by atoms with E-state index in [1.165, 1.54) is 4.68 Å². The number of hydrogen-bond acceptors (Lipinski definition) is 4. The molecule has 1 aliphatic rings. The van der Waals surface area contributed by atoms with Crippen LogP contribution in [-0.4, -0.2) is 32.1 Å². The maximum atomic E-state index is 12.5. The zero-order valence-corrected chi connectivity index (χ0v) is 15.9. The minimum Gasteiger partial charge on any atom is -0.372 e. The first-order chi connectivity index (χ1) is 11.3. The highest BCUT2D eigenvalue weighted by Crippen LogP contribution is 2.33. The van der Waals surface area contributed by atoms with E-state index in [1.54, 1.807) is 13.1 Å². The molecule has 2 aromatic rings. The van der Waals surface area contributed by atoms with E-state index in [0.717, 1.165) is 25.1 Å². The Morgan fingerprint density at radius 3 is 2.67 bits per heavy atom. The van der Waals surface area contributed by atoms with Crippen LogP contribution in [0.25, 0.3) is 0 Å². The Labute approximate surface area is 149 Å². The van der Waals surface area contributed by atoms with E-state index < -0.39 is 0 Å². The first kappa shape index (κ1) is 17.2. The van der Waals surface area contributed by atoms with Crippen LogP contribution < -0.4 is 5.32 Å². The van der Waals surface area contributed by atoms with Crippen LogP contribution in [-0.2, 0) is 17.3 Å². The van der Waals surface area contributed by atoms with E-state index in [4.69, 9.17) is 4.74 Å². The lowest BCUT2D eigenvalue weighted by molar-refractivity contribution is 0.0994. The Morgan fingerprint density at radius 2 is 2.12 bits per heavy atom. The summed E-state index contributed by atoms with van der Waals surface area (Å²) >= 11 is 3.28. The third-order valence-corrected chi connectivity index (χ3v) is 4.34. The molecule has 1 N–H and O–H groups in total. The highest BCUT2D eigenvalue weighted by Gasteiger charge is 2.28. The molecule has 7 nitrogen and oxygen atoms in total. The first-order valence-electron chi connectivity index (χ1n) is 7.98. The number of aromatic nitrogens is 4. The molecule has 1 amide bonds. The molecule has 0 bridgehead atoms.